The lowest BCUT2D eigenvalue weighted by Crippen LogP contribution is -2.48. The molecule has 0 heterocycles. The van der Waals surface area contributed by atoms with Gasteiger partial charge < -0.3 is 15.2 Å². The first-order chi connectivity index (χ1) is 12.6. The van der Waals surface area contributed by atoms with Crippen molar-refractivity contribution >= 4 is 12.0 Å². The highest BCUT2D eigenvalue weighted by atomic mass is 16.7. The van der Waals surface area contributed by atoms with Gasteiger partial charge in [-0.15, -0.1) is 0 Å². The molecule has 0 radical (unpaired) electrons. The fourth-order valence-corrected chi connectivity index (χ4v) is 3.08. The highest BCUT2D eigenvalue weighted by Gasteiger charge is 2.51. The minimum Gasteiger partial charge on any atom is -0.444 e. The Bertz CT molecular complexity index is 644. The molecule has 4 atom stereocenters. The highest BCUT2D eigenvalue weighted by molar-refractivity contribution is 5.80. The van der Waals surface area contributed by atoms with Crippen molar-refractivity contribution in [2.45, 2.75) is 51.4 Å². The van der Waals surface area contributed by atoms with Crippen LogP contribution in [0.4, 0.5) is 4.79 Å². The number of ether oxygens (including phenoxy) is 1. The zero-order valence-electron chi connectivity index (χ0n) is 16.6. The third kappa shape index (κ3) is 6.22. The average Bonchev–Trinajstić information content (AvgIpc) is 3.39. The maximum Gasteiger partial charge on any atom is 0.407 e. The number of rotatable bonds is 7. The van der Waals surface area contributed by atoms with E-state index in [1.54, 1.807) is 27.8 Å². The summed E-state index contributed by atoms with van der Waals surface area (Å²) in [7, 11) is 2.97. The van der Waals surface area contributed by atoms with Crippen LogP contribution >= 0.6 is 0 Å². The van der Waals surface area contributed by atoms with Gasteiger partial charge >= 0.3 is 6.09 Å². The molecule has 0 spiro atoms. The Morgan fingerprint density at radius 1 is 1.30 bits per heavy atom. The number of hydrogen-bond acceptors (Lipinski definition) is 5. The van der Waals surface area contributed by atoms with Crippen LogP contribution in [0.2, 0.25) is 0 Å². The second kappa shape index (κ2) is 8.71. The molecule has 1 aromatic rings. The number of carbonyl (C=O) groups excluding carboxylic acids is 2. The van der Waals surface area contributed by atoms with Crippen LogP contribution in [-0.4, -0.2) is 54.1 Å². The van der Waals surface area contributed by atoms with Gasteiger partial charge in [-0.3, -0.25) is 9.63 Å². The first-order valence-corrected chi connectivity index (χ1v) is 9.15. The molecule has 2 amide bonds. The van der Waals surface area contributed by atoms with Gasteiger partial charge in [0, 0.05) is 13.0 Å². The Kier molecular flexibility index (Phi) is 6.84. The summed E-state index contributed by atoms with van der Waals surface area (Å²) in [6.07, 6.45) is -0.440. The van der Waals surface area contributed by atoms with Gasteiger partial charge in [0.2, 0.25) is 5.91 Å². The van der Waals surface area contributed by atoms with Crippen molar-refractivity contribution < 1.29 is 24.3 Å². The molecule has 0 bridgehead atoms. The van der Waals surface area contributed by atoms with Gasteiger partial charge in [-0.1, -0.05) is 30.3 Å². The normalized spacial score (nSPS) is 21.1. The fraction of sp³-hybridized carbons (Fsp3) is 0.600. The maximum atomic E-state index is 12.2. The monoisotopic (exact) mass is 378 g/mol. The lowest BCUT2D eigenvalue weighted by molar-refractivity contribution is -0.171. The van der Waals surface area contributed by atoms with E-state index < -0.39 is 23.8 Å². The van der Waals surface area contributed by atoms with E-state index in [0.717, 1.165) is 5.56 Å². The zero-order valence-corrected chi connectivity index (χ0v) is 16.6. The Labute approximate surface area is 160 Å². The molecule has 7 nitrogen and oxygen atoms in total. The standard InChI is InChI=1S/C20H30N2O5/c1-20(2,3)27-19(25)21-16(11-13-9-7-6-8-10-13)17(23)14-12-15(14)18(24)22(4)26-5/h6-10,14-17,23H,11-12H2,1-5H3,(H,21,25)/t14-,15+,16+,17+/m1/s1. The first-order valence-electron chi connectivity index (χ1n) is 9.15. The number of benzene rings is 1. The van der Waals surface area contributed by atoms with E-state index in [0.29, 0.717) is 12.8 Å². The Morgan fingerprint density at radius 2 is 1.93 bits per heavy atom. The molecule has 1 fully saturated rings. The number of nitrogens with one attached hydrogen (secondary N) is 1. The number of aliphatic hydroxyl groups is 1. The van der Waals surface area contributed by atoms with Crippen molar-refractivity contribution in [1.29, 1.82) is 0 Å². The number of aliphatic hydroxyl groups excluding tert-OH is 1. The van der Waals surface area contributed by atoms with Gasteiger partial charge in [0.05, 0.1) is 19.3 Å². The fourth-order valence-electron chi connectivity index (χ4n) is 3.08. The topological polar surface area (TPSA) is 88.1 Å². The molecular weight excluding hydrogens is 348 g/mol. The Morgan fingerprint density at radius 3 is 2.48 bits per heavy atom. The third-order valence-electron chi connectivity index (χ3n) is 4.59. The Balaban J connectivity index is 2.07. The van der Waals surface area contributed by atoms with Gasteiger partial charge in [-0.05, 0) is 45.1 Å². The number of nitrogens with zero attached hydrogens (tertiary/aromatic N) is 1. The molecule has 0 aromatic heterocycles. The van der Waals surface area contributed by atoms with E-state index >= 15 is 0 Å². The lowest BCUT2D eigenvalue weighted by atomic mass is 9.97. The first kappa shape index (κ1) is 21.2. The van der Waals surface area contributed by atoms with Crippen molar-refractivity contribution in [1.82, 2.24) is 10.4 Å². The second-order valence-corrected chi connectivity index (χ2v) is 7.96. The van der Waals surface area contributed by atoms with Crippen LogP contribution in [0, 0.1) is 11.8 Å². The van der Waals surface area contributed by atoms with Gasteiger partial charge in [-0.25, -0.2) is 9.86 Å². The van der Waals surface area contributed by atoms with Crippen molar-refractivity contribution in [3.8, 4) is 0 Å². The molecule has 7 heteroatoms. The second-order valence-electron chi connectivity index (χ2n) is 7.96. The van der Waals surface area contributed by atoms with Crippen LogP contribution in [0.1, 0.15) is 32.8 Å². The summed E-state index contributed by atoms with van der Waals surface area (Å²) < 4.78 is 5.33. The van der Waals surface area contributed by atoms with E-state index in [1.807, 2.05) is 30.3 Å². The third-order valence-corrected chi connectivity index (χ3v) is 4.59. The van der Waals surface area contributed by atoms with Crippen LogP contribution in [0.5, 0.6) is 0 Å². The summed E-state index contributed by atoms with van der Waals surface area (Å²) in [4.78, 5) is 29.4. The molecule has 2 rings (SSSR count). The number of hydrogen-bond donors (Lipinski definition) is 2. The van der Waals surface area contributed by atoms with Crippen LogP contribution in [-0.2, 0) is 20.8 Å². The molecule has 1 saturated carbocycles. The molecule has 2 N–H and O–H groups in total. The molecule has 1 aliphatic rings. The van der Waals surface area contributed by atoms with Crippen LogP contribution in [0.25, 0.3) is 0 Å². The van der Waals surface area contributed by atoms with Crippen LogP contribution in [0.15, 0.2) is 30.3 Å². The smallest absolute Gasteiger partial charge is 0.407 e. The molecule has 1 aromatic carbocycles. The average molecular weight is 378 g/mol. The summed E-state index contributed by atoms with van der Waals surface area (Å²) in [5.41, 5.74) is 0.348. The number of amides is 2. The van der Waals surface area contributed by atoms with Crippen molar-refractivity contribution in [2.24, 2.45) is 11.8 Å². The van der Waals surface area contributed by atoms with Gasteiger partial charge in [0.1, 0.15) is 5.60 Å². The predicted molar refractivity (Wildman–Crippen MR) is 101 cm³/mol. The molecule has 27 heavy (non-hydrogen) atoms. The van der Waals surface area contributed by atoms with E-state index in [9.17, 15) is 14.7 Å². The highest BCUT2D eigenvalue weighted by Crippen LogP contribution is 2.43. The van der Waals surface area contributed by atoms with Crippen molar-refractivity contribution in [3.63, 3.8) is 0 Å². The van der Waals surface area contributed by atoms with E-state index in [-0.39, 0.29) is 17.7 Å². The minimum absolute atomic E-state index is 0.169. The predicted octanol–water partition coefficient (Wildman–Crippen LogP) is 2.14. The van der Waals surface area contributed by atoms with Crippen molar-refractivity contribution in [3.05, 3.63) is 35.9 Å². The maximum absolute atomic E-state index is 12.2. The van der Waals surface area contributed by atoms with E-state index in [1.165, 1.54) is 12.2 Å². The molecule has 0 aliphatic heterocycles. The summed E-state index contributed by atoms with van der Waals surface area (Å²) in [6, 6.07) is 9.03. The largest absolute Gasteiger partial charge is 0.444 e. The lowest BCUT2D eigenvalue weighted by Gasteiger charge is -2.27. The van der Waals surface area contributed by atoms with Crippen LogP contribution < -0.4 is 5.32 Å². The summed E-state index contributed by atoms with van der Waals surface area (Å²) in [5, 5.41) is 14.8. The van der Waals surface area contributed by atoms with Gasteiger partial charge in [0.15, 0.2) is 0 Å². The Hall–Kier alpha value is -2.12. The number of hydroxylamine groups is 2. The molecule has 150 valence electrons. The van der Waals surface area contributed by atoms with Gasteiger partial charge in [0.25, 0.3) is 0 Å². The molecule has 0 unspecified atom stereocenters. The quantitative estimate of drug-likeness (QED) is 0.710. The van der Waals surface area contributed by atoms with Gasteiger partial charge in [-0.2, -0.15) is 0 Å². The SMILES string of the molecule is CON(C)C(=O)[C@H]1C[C@H]1[C@H](O)[C@H](Cc1ccccc1)NC(=O)OC(C)(C)C. The van der Waals surface area contributed by atoms with Crippen molar-refractivity contribution in [2.75, 3.05) is 14.2 Å². The number of alkyl carbamates (subject to hydrolysis) is 1. The summed E-state index contributed by atoms with van der Waals surface area (Å²) in [5.74, 6) is -0.695. The molecular formula is C20H30N2O5. The molecule has 0 saturated heterocycles. The van der Waals surface area contributed by atoms with E-state index in [2.05, 4.69) is 5.32 Å². The summed E-state index contributed by atoms with van der Waals surface area (Å²) in [6.45, 7) is 5.35. The van der Waals surface area contributed by atoms with E-state index in [4.69, 9.17) is 9.57 Å². The molecule has 1 aliphatic carbocycles. The zero-order chi connectivity index (χ0) is 20.2. The summed E-state index contributed by atoms with van der Waals surface area (Å²) >= 11 is 0. The minimum atomic E-state index is -0.864. The number of carbonyl (C=O) groups is 2. The van der Waals surface area contributed by atoms with Crippen LogP contribution in [0.3, 0.4) is 0 Å².